The van der Waals surface area contributed by atoms with E-state index in [0.29, 0.717) is 0 Å². The molecule has 1 heterocycles. The second-order valence-corrected chi connectivity index (χ2v) is 14.9. The van der Waals surface area contributed by atoms with Crippen molar-refractivity contribution in [3.05, 3.63) is 60.4 Å². The number of nitrogens with one attached hydrogen (secondary N) is 7. The number of rotatable bonds is 13. The van der Waals surface area contributed by atoms with Gasteiger partial charge in [0.15, 0.2) is 6.04 Å². The van der Waals surface area contributed by atoms with Crippen LogP contribution in [-0.2, 0) is 44.8 Å². The van der Waals surface area contributed by atoms with E-state index in [1.165, 1.54) is 6.92 Å². The van der Waals surface area contributed by atoms with Gasteiger partial charge < -0.3 is 48.1 Å². The van der Waals surface area contributed by atoms with Gasteiger partial charge in [0.2, 0.25) is 23.6 Å². The minimum atomic E-state index is -1.39. The fourth-order valence-corrected chi connectivity index (χ4v) is 6.15. The van der Waals surface area contributed by atoms with E-state index in [2.05, 4.69) is 56.1 Å². The van der Waals surface area contributed by atoms with Crippen molar-refractivity contribution in [2.75, 3.05) is 11.5 Å². The Hall–Kier alpha value is -5.23. The first kappa shape index (κ1) is 44.9. The average Bonchev–Trinajstić information content (AvgIpc) is 3.09. The van der Waals surface area contributed by atoms with Crippen LogP contribution < -0.4 is 43.0 Å². The maximum absolute atomic E-state index is 13.8. The summed E-state index contributed by atoms with van der Waals surface area (Å²) in [5, 5.41) is 26.7. The number of carbonyl (C=O) groups is 8. The molecule has 17 nitrogen and oxygen atoms in total. The molecule has 0 unspecified atom stereocenters. The molecular weight excluding hydrogens is 721 g/mol. The molecule has 1 saturated heterocycles. The number of thioether (sulfide) groups is 1. The van der Waals surface area contributed by atoms with E-state index in [1.807, 2.05) is 30.3 Å². The van der Waals surface area contributed by atoms with Crippen molar-refractivity contribution in [1.29, 1.82) is 0 Å². The second kappa shape index (κ2) is 21.5. The number of carboxylic acids is 1. The van der Waals surface area contributed by atoms with E-state index in [9.17, 15) is 43.5 Å². The van der Waals surface area contributed by atoms with Gasteiger partial charge in [-0.2, -0.15) is 11.8 Å². The van der Waals surface area contributed by atoms with Crippen molar-refractivity contribution in [3.8, 4) is 0 Å². The first-order valence-electron chi connectivity index (χ1n) is 17.5. The minimum absolute atomic E-state index is 0.110. The lowest BCUT2D eigenvalue weighted by Crippen LogP contribution is -2.68. The van der Waals surface area contributed by atoms with Crippen molar-refractivity contribution >= 4 is 59.1 Å². The Balaban J connectivity index is 2.43. The first-order valence-corrected chi connectivity index (χ1v) is 18.6. The molecule has 7 amide bonds. The molecule has 1 aromatic carbocycles. The molecule has 0 bridgehead atoms. The number of carboxylic acid groups (broad SMARTS) is 1. The van der Waals surface area contributed by atoms with Crippen LogP contribution in [-0.4, -0.2) is 100 Å². The zero-order chi connectivity index (χ0) is 40.7. The monoisotopic (exact) mass is 773 g/mol. The van der Waals surface area contributed by atoms with Crippen LogP contribution in [0.3, 0.4) is 0 Å². The molecule has 296 valence electrons. The smallest absolute Gasteiger partial charge is 0.325 e. The molecule has 0 spiro atoms. The fraction of sp³-hybridized carbons (Fsp3) is 0.500. The SMILES string of the molecule is C=C1NC(=O)[C@H](CC(C)C)NC(=O)[C@H](NC(=O)C(=C)NC(=O)[C@@H]([NH3+])Cc2ccccc2)CSC[C@@H](C(=O)N[C@@H](C)C(=O)O)NC(=O)[C@H](CC(C)C)NC1=O. The molecule has 1 aliphatic rings. The predicted molar refractivity (Wildman–Crippen MR) is 201 cm³/mol. The van der Waals surface area contributed by atoms with Gasteiger partial charge in [0.05, 0.1) is 11.4 Å². The van der Waals surface area contributed by atoms with Crippen LogP contribution in [0.5, 0.6) is 0 Å². The summed E-state index contributed by atoms with van der Waals surface area (Å²) < 4.78 is 0. The number of hydrogen-bond donors (Lipinski definition) is 9. The first-order chi connectivity index (χ1) is 25.3. The highest BCUT2D eigenvalue weighted by Gasteiger charge is 2.33. The zero-order valence-corrected chi connectivity index (χ0v) is 32.1. The Morgan fingerprint density at radius 3 is 2.06 bits per heavy atom. The van der Waals surface area contributed by atoms with Crippen molar-refractivity contribution < 1.29 is 49.2 Å². The maximum atomic E-state index is 13.8. The Morgan fingerprint density at radius 2 is 1.48 bits per heavy atom. The zero-order valence-electron chi connectivity index (χ0n) is 31.3. The third-order valence-electron chi connectivity index (χ3n) is 8.01. The summed E-state index contributed by atoms with van der Waals surface area (Å²) in [5.41, 5.74) is 3.92. The normalized spacial score (nSPS) is 21.4. The van der Waals surface area contributed by atoms with E-state index in [0.717, 1.165) is 17.3 Å². The van der Waals surface area contributed by atoms with Gasteiger partial charge in [0, 0.05) is 17.9 Å². The fourth-order valence-electron chi connectivity index (χ4n) is 5.08. The number of hydrogen-bond acceptors (Lipinski definition) is 9. The summed E-state index contributed by atoms with van der Waals surface area (Å²) in [4.78, 5) is 105. The van der Waals surface area contributed by atoms with Gasteiger partial charge in [-0.3, -0.25) is 38.4 Å². The lowest BCUT2D eigenvalue weighted by Gasteiger charge is -2.27. The molecule has 0 saturated carbocycles. The van der Waals surface area contributed by atoms with E-state index < -0.39 is 89.3 Å². The van der Waals surface area contributed by atoms with Crippen LogP contribution in [0.15, 0.2) is 54.9 Å². The van der Waals surface area contributed by atoms with E-state index in [4.69, 9.17) is 0 Å². The number of aliphatic carboxylic acids is 1. The molecule has 18 heteroatoms. The van der Waals surface area contributed by atoms with Gasteiger partial charge in [-0.15, -0.1) is 0 Å². The highest BCUT2D eigenvalue weighted by atomic mass is 32.2. The molecule has 1 aliphatic heterocycles. The lowest BCUT2D eigenvalue weighted by atomic mass is 10.0. The van der Waals surface area contributed by atoms with Crippen LogP contribution in [0, 0.1) is 11.8 Å². The standard InChI is InChI=1S/C36H52N8O9S/c1-18(2)13-25-32(48)39-21(6)29(45)41-26(14-19(3)4)33(49)44-27(34(50)40-22(7)36(52)53)16-54-17-28(35(51)42-25)43-30(46)20(5)38-31(47)24(37)15-23-11-9-8-10-12-23/h8-12,18-19,22,24-28H,5-6,13-17,37H2,1-4,7H3,(H,38,47)(H,39,48)(H,40,50)(H,41,45)(H,42,51)(H,43,46)(H,44,49)(H,52,53)/p+1/t22-,24-,25-,26-,27-,28+/m0/s1. The van der Waals surface area contributed by atoms with Crippen LogP contribution >= 0.6 is 11.8 Å². The highest BCUT2D eigenvalue weighted by Crippen LogP contribution is 2.13. The number of quaternary nitrogens is 1. The molecule has 0 radical (unpaired) electrons. The lowest BCUT2D eigenvalue weighted by molar-refractivity contribution is -0.403. The van der Waals surface area contributed by atoms with Crippen molar-refractivity contribution in [3.63, 3.8) is 0 Å². The topological polar surface area (TPSA) is 269 Å². The molecule has 6 atom stereocenters. The largest absolute Gasteiger partial charge is 0.480 e. The van der Waals surface area contributed by atoms with E-state index in [-0.39, 0.29) is 48.3 Å². The van der Waals surface area contributed by atoms with Gasteiger partial charge in [0.25, 0.3) is 17.7 Å². The van der Waals surface area contributed by atoms with Gasteiger partial charge in [-0.05, 0) is 37.2 Å². The summed E-state index contributed by atoms with van der Waals surface area (Å²) in [5.74, 6) is -7.60. The molecule has 1 aromatic rings. The third-order valence-corrected chi connectivity index (χ3v) is 9.15. The molecule has 54 heavy (non-hydrogen) atoms. The quantitative estimate of drug-likeness (QED) is 0.104. The summed E-state index contributed by atoms with van der Waals surface area (Å²) in [7, 11) is 0. The highest BCUT2D eigenvalue weighted by molar-refractivity contribution is 7.99. The summed E-state index contributed by atoms with van der Waals surface area (Å²) in [6.07, 6.45) is 0.538. The van der Waals surface area contributed by atoms with Gasteiger partial charge >= 0.3 is 5.97 Å². The maximum Gasteiger partial charge on any atom is 0.325 e. The molecule has 0 aliphatic carbocycles. The van der Waals surface area contributed by atoms with Crippen molar-refractivity contribution in [2.45, 2.75) is 90.1 Å². The third kappa shape index (κ3) is 15.0. The number of benzene rings is 1. The molecule has 0 aromatic heterocycles. The molecule has 1 fully saturated rings. The van der Waals surface area contributed by atoms with Gasteiger partial charge in [-0.25, -0.2) is 0 Å². The van der Waals surface area contributed by atoms with Crippen LogP contribution in [0.1, 0.15) is 53.0 Å². The molecular formula is C36H53N8O9S+. The summed E-state index contributed by atoms with van der Waals surface area (Å²) >= 11 is 0.953. The van der Waals surface area contributed by atoms with Gasteiger partial charge in [0.1, 0.15) is 30.2 Å². The number of carbonyl (C=O) groups excluding carboxylic acids is 7. The average molecular weight is 774 g/mol. The summed E-state index contributed by atoms with van der Waals surface area (Å²) in [6, 6.07) is 1.90. The Morgan fingerprint density at radius 1 is 0.889 bits per heavy atom. The molecule has 11 N–H and O–H groups in total. The Bertz CT molecular complexity index is 1590. The van der Waals surface area contributed by atoms with Crippen LogP contribution in [0.4, 0.5) is 0 Å². The van der Waals surface area contributed by atoms with E-state index >= 15 is 0 Å². The van der Waals surface area contributed by atoms with Gasteiger partial charge in [-0.1, -0.05) is 71.2 Å². The summed E-state index contributed by atoms with van der Waals surface area (Å²) in [6.45, 7) is 15.7. The van der Waals surface area contributed by atoms with Crippen LogP contribution in [0.2, 0.25) is 0 Å². The van der Waals surface area contributed by atoms with Crippen molar-refractivity contribution in [2.24, 2.45) is 11.8 Å². The Labute approximate surface area is 318 Å². The minimum Gasteiger partial charge on any atom is -0.480 e. The predicted octanol–water partition coefficient (Wildman–Crippen LogP) is -1.53. The second-order valence-electron chi connectivity index (χ2n) is 13.9. The van der Waals surface area contributed by atoms with E-state index in [1.54, 1.807) is 27.7 Å². The Kier molecular flexibility index (Phi) is 17.9. The van der Waals surface area contributed by atoms with Crippen LogP contribution in [0.25, 0.3) is 0 Å². The number of amides is 7. The molecule has 2 rings (SSSR count). The van der Waals surface area contributed by atoms with Crippen molar-refractivity contribution in [1.82, 2.24) is 37.2 Å².